The zero-order chi connectivity index (χ0) is 19.4. The highest BCUT2D eigenvalue weighted by Gasteiger charge is 2.58. The van der Waals surface area contributed by atoms with Crippen LogP contribution in [0.2, 0.25) is 0 Å². The fourth-order valence-corrected chi connectivity index (χ4v) is 5.84. The van der Waals surface area contributed by atoms with Crippen LogP contribution in [0.5, 0.6) is 5.75 Å². The second-order valence-corrected chi connectivity index (χ2v) is 8.75. The van der Waals surface area contributed by atoms with Gasteiger partial charge in [0.15, 0.2) is 0 Å². The Morgan fingerprint density at radius 3 is 2.71 bits per heavy atom. The number of nitrogens with zero attached hydrogens (tertiary/aromatic N) is 1. The average molecular weight is 373 g/mol. The molecule has 1 fully saturated rings. The first-order chi connectivity index (χ1) is 13.5. The molecule has 0 saturated carbocycles. The molecule has 0 spiro atoms. The van der Waals surface area contributed by atoms with Crippen molar-refractivity contribution in [3.8, 4) is 5.75 Å². The summed E-state index contributed by atoms with van der Waals surface area (Å²) in [5.41, 5.74) is 5.26. The molecule has 1 N–H and O–H groups in total. The van der Waals surface area contributed by atoms with E-state index in [-0.39, 0.29) is 11.0 Å². The van der Waals surface area contributed by atoms with Crippen LogP contribution in [-0.4, -0.2) is 16.6 Å². The average Bonchev–Trinajstić information content (AvgIpc) is 3.22. The van der Waals surface area contributed by atoms with Crippen LogP contribution in [0.3, 0.4) is 0 Å². The molecular weight excluding hydrogens is 346 g/mol. The Morgan fingerprint density at radius 1 is 1.14 bits per heavy atom. The Balaban J connectivity index is 1.71. The zero-order valence-electron chi connectivity index (χ0n) is 16.6. The van der Waals surface area contributed by atoms with E-state index in [0.29, 0.717) is 11.7 Å². The monoisotopic (exact) mass is 373 g/mol. The lowest BCUT2D eigenvalue weighted by Crippen LogP contribution is -2.64. The van der Waals surface area contributed by atoms with Gasteiger partial charge >= 0.3 is 0 Å². The lowest BCUT2D eigenvalue weighted by molar-refractivity contribution is -0.0636. The van der Waals surface area contributed by atoms with Gasteiger partial charge in [0.05, 0.1) is 18.1 Å². The topological polar surface area (TPSA) is 36.6 Å². The highest BCUT2D eigenvalue weighted by Crippen LogP contribution is 2.58. The predicted molar refractivity (Wildman–Crippen MR) is 110 cm³/mol. The molecule has 0 unspecified atom stereocenters. The maximum atomic E-state index is 10.2. The van der Waals surface area contributed by atoms with Crippen molar-refractivity contribution in [2.45, 2.75) is 44.2 Å². The fraction of sp³-hybridized carbons (Fsp3) is 0.360. The lowest BCUT2D eigenvalue weighted by Gasteiger charge is -2.62. The zero-order valence-corrected chi connectivity index (χ0v) is 16.6. The summed E-state index contributed by atoms with van der Waals surface area (Å²) in [5, 5.41) is 10.2. The molecule has 3 atom stereocenters. The maximum Gasteiger partial charge on any atom is 0.115 e. The van der Waals surface area contributed by atoms with Crippen LogP contribution in [0.1, 0.15) is 42.5 Å². The molecule has 5 rings (SSSR count). The third kappa shape index (κ3) is 2.39. The number of phenolic OH excluding ortho intramolecular Hbond substituents is 1. The smallest absolute Gasteiger partial charge is 0.115 e. The quantitative estimate of drug-likeness (QED) is 0.682. The van der Waals surface area contributed by atoms with E-state index in [1.165, 1.54) is 22.3 Å². The van der Waals surface area contributed by atoms with E-state index in [2.05, 4.69) is 61.2 Å². The van der Waals surface area contributed by atoms with Gasteiger partial charge in [0.25, 0.3) is 0 Å². The highest BCUT2D eigenvalue weighted by molar-refractivity contribution is 5.48. The summed E-state index contributed by atoms with van der Waals surface area (Å²) in [6.45, 7) is 6.71. The number of phenols is 1. The summed E-state index contributed by atoms with van der Waals surface area (Å²) in [5.74, 6) is 0.789. The second kappa shape index (κ2) is 6.25. The van der Waals surface area contributed by atoms with Crippen molar-refractivity contribution in [1.29, 1.82) is 0 Å². The summed E-state index contributed by atoms with van der Waals surface area (Å²) in [6, 6.07) is 19.0. The van der Waals surface area contributed by atoms with Gasteiger partial charge < -0.3 is 9.52 Å². The van der Waals surface area contributed by atoms with Crippen LogP contribution in [-0.2, 0) is 23.9 Å². The number of furan rings is 1. The van der Waals surface area contributed by atoms with E-state index >= 15 is 0 Å². The standard InChI is InChI=1S/C25H27NO2/c1-18-24(2)11-12-26(16-19-10-13-28-17-19)25(18,21-6-4-3-5-7-21)15-20-8-9-22(27)14-23(20)24/h3-10,13-14,17-18,27H,11-12,15-16H2,1-2H3/t18-,24-,25-/m1/s1. The molecule has 2 heterocycles. The van der Waals surface area contributed by atoms with E-state index in [1.807, 2.05) is 18.4 Å². The van der Waals surface area contributed by atoms with E-state index in [0.717, 1.165) is 25.9 Å². The summed E-state index contributed by atoms with van der Waals surface area (Å²) >= 11 is 0. The van der Waals surface area contributed by atoms with E-state index in [9.17, 15) is 5.11 Å². The number of piperidine rings is 1. The molecule has 2 bridgehead atoms. The third-order valence-electron chi connectivity index (χ3n) is 7.53. The van der Waals surface area contributed by atoms with Gasteiger partial charge in [-0.25, -0.2) is 0 Å². The molecule has 28 heavy (non-hydrogen) atoms. The van der Waals surface area contributed by atoms with Crippen molar-refractivity contribution in [3.05, 3.63) is 89.4 Å². The first kappa shape index (κ1) is 17.6. The van der Waals surface area contributed by atoms with Crippen LogP contribution < -0.4 is 0 Å². The molecule has 3 heteroatoms. The molecule has 2 aliphatic rings. The third-order valence-corrected chi connectivity index (χ3v) is 7.53. The molecule has 144 valence electrons. The van der Waals surface area contributed by atoms with Gasteiger partial charge in [-0.3, -0.25) is 4.90 Å². The van der Waals surface area contributed by atoms with Gasteiger partial charge in [-0.15, -0.1) is 0 Å². The Labute approximate surface area is 166 Å². The van der Waals surface area contributed by atoms with Crippen LogP contribution in [0.25, 0.3) is 0 Å². The minimum atomic E-state index is -0.0739. The number of benzene rings is 2. The second-order valence-electron chi connectivity index (χ2n) is 8.75. The minimum Gasteiger partial charge on any atom is -0.508 e. The Bertz CT molecular complexity index is 981. The Kier molecular flexibility index (Phi) is 3.92. The summed E-state index contributed by atoms with van der Waals surface area (Å²) in [6.07, 6.45) is 5.67. The molecule has 0 amide bonds. The van der Waals surface area contributed by atoms with Crippen molar-refractivity contribution in [1.82, 2.24) is 4.90 Å². The van der Waals surface area contributed by atoms with Crippen molar-refractivity contribution >= 4 is 0 Å². The number of hydrogen-bond acceptors (Lipinski definition) is 3. The normalized spacial score (nSPS) is 29.4. The van der Waals surface area contributed by atoms with Crippen molar-refractivity contribution in [2.75, 3.05) is 6.54 Å². The number of aromatic hydroxyl groups is 1. The Morgan fingerprint density at radius 2 is 1.96 bits per heavy atom. The highest BCUT2D eigenvalue weighted by atomic mass is 16.3. The van der Waals surface area contributed by atoms with Gasteiger partial charge in [-0.1, -0.05) is 50.2 Å². The molecule has 1 saturated heterocycles. The molecule has 1 aliphatic heterocycles. The van der Waals surface area contributed by atoms with E-state index < -0.39 is 0 Å². The van der Waals surface area contributed by atoms with Gasteiger partial charge in [0.2, 0.25) is 0 Å². The molecule has 1 aromatic heterocycles. The van der Waals surface area contributed by atoms with Gasteiger partial charge in [0.1, 0.15) is 5.75 Å². The van der Waals surface area contributed by atoms with Crippen molar-refractivity contribution in [2.24, 2.45) is 5.92 Å². The molecule has 0 radical (unpaired) electrons. The minimum absolute atomic E-state index is 0.0368. The van der Waals surface area contributed by atoms with Gasteiger partial charge in [-0.05, 0) is 59.1 Å². The number of fused-ring (bicyclic) bond motifs is 4. The number of rotatable bonds is 3. The number of likely N-dealkylation sites (tertiary alicyclic amines) is 1. The summed E-state index contributed by atoms with van der Waals surface area (Å²) in [4.78, 5) is 2.66. The van der Waals surface area contributed by atoms with Gasteiger partial charge in [-0.2, -0.15) is 0 Å². The van der Waals surface area contributed by atoms with Crippen LogP contribution in [0.4, 0.5) is 0 Å². The molecular formula is C25H27NO2. The Hall–Kier alpha value is -2.52. The maximum absolute atomic E-state index is 10.2. The molecule has 3 aromatic rings. The largest absolute Gasteiger partial charge is 0.508 e. The molecule has 1 aliphatic carbocycles. The lowest BCUT2D eigenvalue weighted by atomic mass is 9.52. The summed E-state index contributed by atoms with van der Waals surface area (Å²) < 4.78 is 5.36. The molecule has 2 aromatic carbocycles. The van der Waals surface area contributed by atoms with Gasteiger partial charge in [0, 0.05) is 18.7 Å². The van der Waals surface area contributed by atoms with E-state index in [4.69, 9.17) is 4.42 Å². The SMILES string of the molecule is C[C@@H]1[C@@]2(C)CCN(Cc3ccoc3)[C@]1(c1ccccc1)Cc1ccc(O)cc12. The van der Waals surface area contributed by atoms with Crippen LogP contribution >= 0.6 is 0 Å². The predicted octanol–water partition coefficient (Wildman–Crippen LogP) is 5.24. The van der Waals surface area contributed by atoms with E-state index in [1.54, 1.807) is 6.26 Å². The molecule has 3 nitrogen and oxygen atoms in total. The summed E-state index contributed by atoms with van der Waals surface area (Å²) in [7, 11) is 0. The van der Waals surface area contributed by atoms with Crippen LogP contribution in [0, 0.1) is 5.92 Å². The van der Waals surface area contributed by atoms with Crippen molar-refractivity contribution < 1.29 is 9.52 Å². The first-order valence-electron chi connectivity index (χ1n) is 10.2. The fourth-order valence-electron chi connectivity index (χ4n) is 5.84. The first-order valence-corrected chi connectivity index (χ1v) is 10.2. The van der Waals surface area contributed by atoms with Crippen molar-refractivity contribution in [3.63, 3.8) is 0 Å². The number of hydrogen-bond donors (Lipinski definition) is 1. The van der Waals surface area contributed by atoms with Crippen LogP contribution in [0.15, 0.2) is 71.5 Å².